The summed E-state index contributed by atoms with van der Waals surface area (Å²) in [6.45, 7) is 5.51. The van der Waals surface area contributed by atoms with Crippen molar-refractivity contribution in [3.8, 4) is 0 Å². The highest BCUT2D eigenvalue weighted by atomic mass is 32.2. The quantitative estimate of drug-likeness (QED) is 0.782. The van der Waals surface area contributed by atoms with Crippen molar-refractivity contribution in [3.63, 3.8) is 0 Å². The van der Waals surface area contributed by atoms with E-state index in [1.54, 1.807) is 11.0 Å². The second kappa shape index (κ2) is 6.80. The molecule has 0 spiro atoms. The van der Waals surface area contributed by atoms with Gasteiger partial charge in [-0.25, -0.2) is 0 Å². The van der Waals surface area contributed by atoms with Gasteiger partial charge in [0.25, 0.3) is 5.91 Å². The van der Waals surface area contributed by atoms with E-state index < -0.39 is 0 Å². The number of ether oxygens (including phenoxy) is 1. The lowest BCUT2D eigenvalue weighted by Crippen LogP contribution is -2.29. The van der Waals surface area contributed by atoms with Gasteiger partial charge in [-0.2, -0.15) is 0 Å². The van der Waals surface area contributed by atoms with Crippen molar-refractivity contribution in [2.24, 2.45) is 0 Å². The first-order valence-corrected chi connectivity index (χ1v) is 8.77. The third-order valence-electron chi connectivity index (χ3n) is 4.07. The van der Waals surface area contributed by atoms with Crippen LogP contribution in [0.1, 0.15) is 34.0 Å². The SMILES string of the molecule is CSc1ccc(C(=O)N2CC[C@H](OCc3c(C)noc3C)C2)o1. The Labute approximate surface area is 139 Å². The number of likely N-dealkylation sites (tertiary alicyclic amines) is 1. The zero-order valence-corrected chi connectivity index (χ0v) is 14.3. The van der Waals surface area contributed by atoms with Crippen LogP contribution in [0.15, 0.2) is 26.2 Å². The number of carbonyl (C=O) groups excluding carboxylic acids is 1. The molecule has 3 heterocycles. The van der Waals surface area contributed by atoms with Gasteiger partial charge in [-0.15, -0.1) is 0 Å². The Balaban J connectivity index is 1.55. The third-order valence-corrected chi connectivity index (χ3v) is 4.69. The number of hydrogen-bond donors (Lipinski definition) is 0. The van der Waals surface area contributed by atoms with E-state index in [-0.39, 0.29) is 12.0 Å². The maximum atomic E-state index is 12.4. The highest BCUT2D eigenvalue weighted by Crippen LogP contribution is 2.23. The van der Waals surface area contributed by atoms with E-state index in [1.807, 2.05) is 26.2 Å². The maximum absolute atomic E-state index is 12.4. The lowest BCUT2D eigenvalue weighted by molar-refractivity contribution is 0.0422. The van der Waals surface area contributed by atoms with Crippen LogP contribution < -0.4 is 0 Å². The molecule has 1 aliphatic rings. The van der Waals surface area contributed by atoms with Crippen LogP contribution >= 0.6 is 11.8 Å². The van der Waals surface area contributed by atoms with Crippen molar-refractivity contribution in [2.45, 2.75) is 38.1 Å². The summed E-state index contributed by atoms with van der Waals surface area (Å²) >= 11 is 1.48. The largest absolute Gasteiger partial charge is 0.445 e. The standard InChI is InChI=1S/C16H20N2O4S/c1-10-13(11(2)22-17-10)9-20-12-6-7-18(8-12)16(19)14-4-5-15(21-14)23-3/h4-5,12H,6-9H2,1-3H3/t12-/m0/s1. The first kappa shape index (κ1) is 16.1. The minimum atomic E-state index is -0.0752. The van der Waals surface area contributed by atoms with Gasteiger partial charge in [0, 0.05) is 18.7 Å². The molecule has 2 aromatic rings. The molecule has 0 aliphatic carbocycles. The molecule has 23 heavy (non-hydrogen) atoms. The van der Waals surface area contributed by atoms with Gasteiger partial charge in [-0.05, 0) is 38.7 Å². The molecular formula is C16H20N2O4S. The van der Waals surface area contributed by atoms with Gasteiger partial charge in [0.2, 0.25) is 0 Å². The van der Waals surface area contributed by atoms with Crippen LogP contribution in [0.2, 0.25) is 0 Å². The van der Waals surface area contributed by atoms with Gasteiger partial charge in [0.1, 0.15) is 5.76 Å². The Hall–Kier alpha value is -1.73. The first-order valence-electron chi connectivity index (χ1n) is 7.55. The molecule has 0 aromatic carbocycles. The number of rotatable bonds is 5. The summed E-state index contributed by atoms with van der Waals surface area (Å²) in [6, 6.07) is 3.55. The van der Waals surface area contributed by atoms with Crippen molar-refractivity contribution >= 4 is 17.7 Å². The zero-order valence-electron chi connectivity index (χ0n) is 13.5. The highest BCUT2D eigenvalue weighted by molar-refractivity contribution is 7.98. The second-order valence-corrected chi connectivity index (χ2v) is 6.41. The van der Waals surface area contributed by atoms with Crippen LogP contribution in [0.4, 0.5) is 0 Å². The van der Waals surface area contributed by atoms with Crippen molar-refractivity contribution in [3.05, 3.63) is 34.9 Å². The molecule has 124 valence electrons. The lowest BCUT2D eigenvalue weighted by atomic mass is 10.2. The number of aryl methyl sites for hydroxylation is 2. The van der Waals surface area contributed by atoms with Crippen molar-refractivity contribution in [1.29, 1.82) is 0 Å². The van der Waals surface area contributed by atoms with E-state index in [0.29, 0.717) is 25.5 Å². The molecule has 2 aromatic heterocycles. The topological polar surface area (TPSA) is 68.7 Å². The average molecular weight is 336 g/mol. The van der Waals surface area contributed by atoms with Crippen LogP contribution in [0, 0.1) is 13.8 Å². The van der Waals surface area contributed by atoms with Crippen LogP contribution in [0.3, 0.4) is 0 Å². The van der Waals surface area contributed by atoms with E-state index >= 15 is 0 Å². The van der Waals surface area contributed by atoms with E-state index in [1.165, 1.54) is 11.8 Å². The Morgan fingerprint density at radius 1 is 1.48 bits per heavy atom. The number of hydrogen-bond acceptors (Lipinski definition) is 6. The molecule has 0 radical (unpaired) electrons. The van der Waals surface area contributed by atoms with Crippen LogP contribution in [-0.2, 0) is 11.3 Å². The molecule has 0 bridgehead atoms. The summed E-state index contributed by atoms with van der Waals surface area (Å²) in [5.74, 6) is 1.10. The molecule has 0 saturated carbocycles. The van der Waals surface area contributed by atoms with Gasteiger partial charge >= 0.3 is 0 Å². The fraction of sp³-hybridized carbons (Fsp3) is 0.500. The fourth-order valence-corrected chi connectivity index (χ4v) is 3.04. The lowest BCUT2D eigenvalue weighted by Gasteiger charge is -2.15. The van der Waals surface area contributed by atoms with E-state index in [4.69, 9.17) is 13.7 Å². The first-order chi connectivity index (χ1) is 11.1. The molecular weight excluding hydrogens is 316 g/mol. The summed E-state index contributed by atoms with van der Waals surface area (Å²) in [5.41, 5.74) is 1.85. The Morgan fingerprint density at radius 3 is 2.96 bits per heavy atom. The fourth-order valence-electron chi connectivity index (χ4n) is 2.66. The predicted octanol–water partition coefficient (Wildman–Crippen LogP) is 3.04. The summed E-state index contributed by atoms with van der Waals surface area (Å²) in [7, 11) is 0. The zero-order chi connectivity index (χ0) is 16.4. The molecule has 1 amide bonds. The molecule has 3 rings (SSSR count). The molecule has 0 unspecified atom stereocenters. The number of furan rings is 1. The molecule has 0 N–H and O–H groups in total. The molecule has 1 atom stereocenters. The summed E-state index contributed by atoms with van der Waals surface area (Å²) in [5, 5.41) is 4.67. The number of nitrogens with zero attached hydrogens (tertiary/aromatic N) is 2. The van der Waals surface area contributed by atoms with Gasteiger partial charge in [-0.1, -0.05) is 16.9 Å². The molecule has 1 fully saturated rings. The molecule has 7 heteroatoms. The normalized spacial score (nSPS) is 17.9. The minimum Gasteiger partial charge on any atom is -0.445 e. The number of amides is 1. The van der Waals surface area contributed by atoms with Gasteiger partial charge < -0.3 is 18.6 Å². The number of carbonyl (C=O) groups is 1. The average Bonchev–Trinajstić information content (AvgIpc) is 3.26. The van der Waals surface area contributed by atoms with Crippen LogP contribution in [0.5, 0.6) is 0 Å². The van der Waals surface area contributed by atoms with Crippen LogP contribution in [0.25, 0.3) is 0 Å². The second-order valence-electron chi connectivity index (χ2n) is 5.60. The smallest absolute Gasteiger partial charge is 0.289 e. The van der Waals surface area contributed by atoms with Crippen LogP contribution in [-0.4, -0.2) is 41.4 Å². The third kappa shape index (κ3) is 3.45. The maximum Gasteiger partial charge on any atom is 0.289 e. The van der Waals surface area contributed by atoms with Gasteiger partial charge in [0.05, 0.1) is 18.4 Å². The summed E-state index contributed by atoms with van der Waals surface area (Å²) in [4.78, 5) is 14.2. The minimum absolute atomic E-state index is 0.0302. The highest BCUT2D eigenvalue weighted by Gasteiger charge is 2.29. The van der Waals surface area contributed by atoms with Crippen molar-refractivity contribution in [1.82, 2.24) is 10.1 Å². The Bertz CT molecular complexity index is 675. The Kier molecular flexibility index (Phi) is 4.77. The molecule has 6 nitrogen and oxygen atoms in total. The molecule has 1 saturated heterocycles. The predicted molar refractivity (Wildman–Crippen MR) is 85.6 cm³/mol. The number of thioether (sulfide) groups is 1. The van der Waals surface area contributed by atoms with Gasteiger partial charge in [0.15, 0.2) is 10.9 Å². The van der Waals surface area contributed by atoms with E-state index in [9.17, 15) is 4.79 Å². The van der Waals surface area contributed by atoms with E-state index in [2.05, 4.69) is 5.16 Å². The van der Waals surface area contributed by atoms with Gasteiger partial charge in [-0.3, -0.25) is 4.79 Å². The van der Waals surface area contributed by atoms with Crippen molar-refractivity contribution < 1.29 is 18.5 Å². The van der Waals surface area contributed by atoms with Crippen molar-refractivity contribution in [2.75, 3.05) is 19.3 Å². The summed E-state index contributed by atoms with van der Waals surface area (Å²) in [6.07, 6.45) is 2.77. The Morgan fingerprint density at radius 2 is 2.30 bits per heavy atom. The number of aromatic nitrogens is 1. The monoisotopic (exact) mass is 336 g/mol. The summed E-state index contributed by atoms with van der Waals surface area (Å²) < 4.78 is 16.6. The van der Waals surface area contributed by atoms with E-state index in [0.717, 1.165) is 28.5 Å². The molecule has 1 aliphatic heterocycles.